The van der Waals surface area contributed by atoms with Crippen molar-refractivity contribution in [1.29, 1.82) is 0 Å². The van der Waals surface area contributed by atoms with Crippen molar-refractivity contribution in [2.75, 3.05) is 0 Å². The molecule has 8 nitrogen and oxygen atoms in total. The number of aromatic nitrogens is 2. The summed E-state index contributed by atoms with van der Waals surface area (Å²) in [5.41, 5.74) is 2.79. The lowest BCUT2D eigenvalue weighted by Gasteiger charge is -1.83. The summed E-state index contributed by atoms with van der Waals surface area (Å²) in [5.74, 6) is 0.829. The van der Waals surface area contributed by atoms with Gasteiger partial charge in [0.15, 0.2) is 0 Å². The quantitative estimate of drug-likeness (QED) is 0.735. The molecule has 0 bridgehead atoms. The van der Waals surface area contributed by atoms with Gasteiger partial charge in [0.25, 0.3) is 0 Å². The molecule has 2 aromatic rings. The smallest absolute Gasteiger partial charge is 0.223 e. The molecule has 0 atom stereocenters. The molecular formula is C10H6N8S. The Hall–Kier alpha value is -2.68. The molecule has 2 aliphatic heterocycles. The Labute approximate surface area is 111 Å². The number of thiazole rings is 1. The summed E-state index contributed by atoms with van der Waals surface area (Å²) in [6.45, 7) is 0. The van der Waals surface area contributed by atoms with Crippen LogP contribution < -0.4 is 0 Å². The lowest BCUT2D eigenvalue weighted by Crippen LogP contribution is -1.72. The molecule has 0 saturated heterocycles. The van der Waals surface area contributed by atoms with Crippen LogP contribution in [0.4, 0.5) is 0 Å². The molecule has 2 aromatic heterocycles. The van der Waals surface area contributed by atoms with Crippen LogP contribution in [-0.2, 0) is 0 Å². The van der Waals surface area contributed by atoms with Crippen LogP contribution in [0.15, 0.2) is 65.9 Å². The fourth-order valence-corrected chi connectivity index (χ4v) is 1.91. The number of nitrogens with zero attached hydrogens (tertiary/aromatic N) is 8. The van der Waals surface area contributed by atoms with E-state index in [2.05, 4.69) is 40.4 Å². The third-order valence-corrected chi connectivity index (χ3v) is 2.82. The Morgan fingerprint density at radius 3 is 2.21 bits per heavy atom. The first-order chi connectivity index (χ1) is 9.43. The van der Waals surface area contributed by atoms with Gasteiger partial charge in [0, 0.05) is 6.20 Å². The molecule has 0 radical (unpaired) electrons. The molecule has 0 unspecified atom stereocenters. The summed E-state index contributed by atoms with van der Waals surface area (Å²) >= 11 is 1.57. The van der Waals surface area contributed by atoms with Crippen LogP contribution in [0.5, 0.6) is 0 Å². The molecule has 0 aliphatic carbocycles. The maximum absolute atomic E-state index is 4.10. The number of aliphatic imine (C=N–C) groups is 2. The fourth-order valence-electron chi connectivity index (χ4n) is 1.28. The predicted molar refractivity (Wildman–Crippen MR) is 71.1 cm³/mol. The summed E-state index contributed by atoms with van der Waals surface area (Å²) in [7, 11) is 0. The molecule has 0 spiro atoms. The molecule has 0 aromatic carbocycles. The summed E-state index contributed by atoms with van der Waals surface area (Å²) in [6.07, 6.45) is 4.46. The minimum absolute atomic E-state index is 0.414. The van der Waals surface area contributed by atoms with Crippen molar-refractivity contribution in [3.8, 4) is 0 Å². The molecule has 2 aliphatic rings. The predicted octanol–water partition coefficient (Wildman–Crippen LogP) is 2.79. The van der Waals surface area contributed by atoms with E-state index in [4.69, 9.17) is 0 Å². The van der Waals surface area contributed by atoms with Gasteiger partial charge < -0.3 is 0 Å². The SMILES string of the molecule is C1=NC(=C2N=CN=N2)N=N1.c1cnc2scnc2c1. The van der Waals surface area contributed by atoms with E-state index < -0.39 is 0 Å². The second-order valence-electron chi connectivity index (χ2n) is 3.25. The number of hydrogen-bond donors (Lipinski definition) is 0. The second kappa shape index (κ2) is 5.31. The van der Waals surface area contributed by atoms with Gasteiger partial charge in [-0.3, -0.25) is 0 Å². The van der Waals surface area contributed by atoms with Crippen molar-refractivity contribution in [1.82, 2.24) is 9.97 Å². The van der Waals surface area contributed by atoms with Crippen LogP contribution in [0.3, 0.4) is 0 Å². The molecule has 92 valence electrons. The van der Waals surface area contributed by atoms with Crippen molar-refractivity contribution >= 4 is 34.4 Å². The Bertz CT molecular complexity index is 651. The van der Waals surface area contributed by atoms with E-state index in [0.29, 0.717) is 11.6 Å². The van der Waals surface area contributed by atoms with Gasteiger partial charge >= 0.3 is 0 Å². The van der Waals surface area contributed by atoms with Crippen molar-refractivity contribution < 1.29 is 0 Å². The summed E-state index contributed by atoms with van der Waals surface area (Å²) in [4.78, 5) is 16.7. The van der Waals surface area contributed by atoms with Gasteiger partial charge in [-0.15, -0.1) is 31.8 Å². The average Bonchev–Trinajstić information content (AvgIpc) is 3.20. The van der Waals surface area contributed by atoms with Crippen LogP contribution in [0.1, 0.15) is 0 Å². The molecule has 0 N–H and O–H groups in total. The Kier molecular flexibility index (Phi) is 3.19. The maximum Gasteiger partial charge on any atom is 0.223 e. The average molecular weight is 270 g/mol. The molecule has 9 heteroatoms. The first-order valence-electron chi connectivity index (χ1n) is 5.19. The van der Waals surface area contributed by atoms with E-state index in [1.807, 2.05) is 12.1 Å². The summed E-state index contributed by atoms with van der Waals surface area (Å²) in [6, 6.07) is 3.85. The highest BCUT2D eigenvalue weighted by atomic mass is 32.1. The Balaban J connectivity index is 0.000000117. The first-order valence-corrected chi connectivity index (χ1v) is 6.07. The molecule has 0 fully saturated rings. The normalized spacial score (nSPS) is 19.2. The van der Waals surface area contributed by atoms with Crippen molar-refractivity contribution in [2.24, 2.45) is 30.4 Å². The number of azo groups is 2. The molecule has 0 saturated carbocycles. The lowest BCUT2D eigenvalue weighted by atomic mass is 10.5. The highest BCUT2D eigenvalue weighted by molar-refractivity contribution is 7.16. The second-order valence-corrected chi connectivity index (χ2v) is 4.08. The zero-order valence-electron chi connectivity index (χ0n) is 9.45. The summed E-state index contributed by atoms with van der Waals surface area (Å²) in [5, 5.41) is 14.3. The minimum atomic E-state index is 0.414. The third-order valence-electron chi connectivity index (χ3n) is 2.08. The van der Waals surface area contributed by atoms with Gasteiger partial charge in [-0.25, -0.2) is 20.0 Å². The Morgan fingerprint density at radius 1 is 0.895 bits per heavy atom. The van der Waals surface area contributed by atoms with Crippen LogP contribution in [-0.4, -0.2) is 22.6 Å². The van der Waals surface area contributed by atoms with E-state index in [9.17, 15) is 0 Å². The van der Waals surface area contributed by atoms with E-state index in [-0.39, 0.29) is 0 Å². The lowest BCUT2D eigenvalue weighted by molar-refractivity contribution is 1.07. The number of pyridine rings is 1. The molecule has 0 amide bonds. The van der Waals surface area contributed by atoms with Gasteiger partial charge in [0.2, 0.25) is 11.6 Å². The van der Waals surface area contributed by atoms with Gasteiger partial charge in [0.05, 0.1) is 11.0 Å². The molecule has 4 heterocycles. The van der Waals surface area contributed by atoms with Gasteiger partial charge in [-0.05, 0) is 12.1 Å². The molecular weight excluding hydrogens is 264 g/mol. The largest absolute Gasteiger partial charge is 0.244 e. The molecule has 19 heavy (non-hydrogen) atoms. The van der Waals surface area contributed by atoms with E-state index in [1.54, 1.807) is 23.0 Å². The van der Waals surface area contributed by atoms with Crippen LogP contribution in [0.2, 0.25) is 0 Å². The van der Waals surface area contributed by atoms with Gasteiger partial charge in [0.1, 0.15) is 17.5 Å². The standard InChI is InChI=1S/C6H4N2S.C4H2N6/c1-2-5-6(7-3-1)9-4-8-5;1-5-3(9-7-1)4-6-2-8-10-4/h1-4H;1-2H. The number of fused-ring (bicyclic) bond motifs is 1. The highest BCUT2D eigenvalue weighted by Crippen LogP contribution is 2.16. The topological polar surface area (TPSA) is 99.9 Å². The number of rotatable bonds is 0. The van der Waals surface area contributed by atoms with Crippen LogP contribution in [0.25, 0.3) is 10.3 Å². The zero-order chi connectivity index (χ0) is 12.9. The van der Waals surface area contributed by atoms with Crippen LogP contribution in [0, 0.1) is 0 Å². The highest BCUT2D eigenvalue weighted by Gasteiger charge is 2.07. The monoisotopic (exact) mass is 270 g/mol. The van der Waals surface area contributed by atoms with E-state index in [0.717, 1.165) is 10.3 Å². The fraction of sp³-hybridized carbons (Fsp3) is 0. The maximum atomic E-state index is 4.10. The van der Waals surface area contributed by atoms with Crippen LogP contribution >= 0.6 is 11.3 Å². The van der Waals surface area contributed by atoms with Crippen molar-refractivity contribution in [2.45, 2.75) is 0 Å². The van der Waals surface area contributed by atoms with Crippen molar-refractivity contribution in [3.05, 3.63) is 35.5 Å². The van der Waals surface area contributed by atoms with Gasteiger partial charge in [-0.2, -0.15) is 0 Å². The van der Waals surface area contributed by atoms with Crippen molar-refractivity contribution in [3.63, 3.8) is 0 Å². The molecule has 4 rings (SSSR count). The first kappa shape index (κ1) is 11.4. The Morgan fingerprint density at radius 2 is 1.63 bits per heavy atom. The van der Waals surface area contributed by atoms with E-state index in [1.165, 1.54) is 12.7 Å². The van der Waals surface area contributed by atoms with E-state index >= 15 is 0 Å². The summed E-state index contributed by atoms with van der Waals surface area (Å²) < 4.78 is 0. The number of hydrogen-bond acceptors (Lipinski definition) is 9. The van der Waals surface area contributed by atoms with Gasteiger partial charge in [-0.1, -0.05) is 0 Å². The zero-order valence-corrected chi connectivity index (χ0v) is 10.3. The third kappa shape index (κ3) is 2.60. The minimum Gasteiger partial charge on any atom is -0.244 e.